The molecule has 0 aromatic rings. The SMILES string of the molecule is CCCCC(C)C(C)CN1CCCCCC1. The Balaban J connectivity index is 2.22. The molecule has 1 rings (SSSR count). The molecule has 1 nitrogen and oxygen atoms in total. The van der Waals surface area contributed by atoms with Crippen LogP contribution in [0.2, 0.25) is 0 Å². The van der Waals surface area contributed by atoms with Gasteiger partial charge in [-0.3, -0.25) is 0 Å². The van der Waals surface area contributed by atoms with E-state index >= 15 is 0 Å². The standard InChI is InChI=1S/C15H31N/c1-4-5-10-14(2)15(3)13-16-11-8-6-7-9-12-16/h14-15H,4-13H2,1-3H3. The fourth-order valence-corrected chi connectivity index (χ4v) is 2.72. The van der Waals surface area contributed by atoms with Crippen molar-refractivity contribution < 1.29 is 0 Å². The van der Waals surface area contributed by atoms with Crippen LogP contribution in [0.1, 0.15) is 65.7 Å². The van der Waals surface area contributed by atoms with Crippen LogP contribution in [0.5, 0.6) is 0 Å². The van der Waals surface area contributed by atoms with Gasteiger partial charge in [0.1, 0.15) is 0 Å². The van der Waals surface area contributed by atoms with Crippen molar-refractivity contribution in [3.05, 3.63) is 0 Å². The second-order valence-corrected chi connectivity index (χ2v) is 5.81. The third kappa shape index (κ3) is 5.34. The molecule has 0 aromatic carbocycles. The van der Waals surface area contributed by atoms with Crippen LogP contribution < -0.4 is 0 Å². The first-order valence-electron chi connectivity index (χ1n) is 7.46. The van der Waals surface area contributed by atoms with Crippen molar-refractivity contribution in [1.82, 2.24) is 4.90 Å². The molecule has 0 saturated carbocycles. The maximum absolute atomic E-state index is 2.71. The van der Waals surface area contributed by atoms with E-state index in [1.165, 1.54) is 64.6 Å². The zero-order valence-corrected chi connectivity index (χ0v) is 11.7. The van der Waals surface area contributed by atoms with Gasteiger partial charge in [-0.25, -0.2) is 0 Å². The second kappa shape index (κ2) is 8.11. The van der Waals surface area contributed by atoms with E-state index in [2.05, 4.69) is 25.7 Å². The van der Waals surface area contributed by atoms with Gasteiger partial charge in [-0.1, -0.05) is 52.9 Å². The Kier molecular flexibility index (Phi) is 7.11. The molecular formula is C15H31N. The Hall–Kier alpha value is -0.0400. The van der Waals surface area contributed by atoms with Crippen molar-refractivity contribution in [3.63, 3.8) is 0 Å². The van der Waals surface area contributed by atoms with Gasteiger partial charge in [-0.15, -0.1) is 0 Å². The van der Waals surface area contributed by atoms with E-state index in [4.69, 9.17) is 0 Å². The van der Waals surface area contributed by atoms with E-state index in [1.54, 1.807) is 0 Å². The summed E-state index contributed by atoms with van der Waals surface area (Å²) in [5.74, 6) is 1.79. The molecule has 1 fully saturated rings. The molecule has 0 aliphatic carbocycles. The summed E-state index contributed by atoms with van der Waals surface area (Å²) in [5, 5.41) is 0. The lowest BCUT2D eigenvalue weighted by molar-refractivity contribution is 0.205. The summed E-state index contributed by atoms with van der Waals surface area (Å²) in [4.78, 5) is 2.71. The highest BCUT2D eigenvalue weighted by atomic mass is 15.1. The van der Waals surface area contributed by atoms with E-state index in [0.717, 1.165) is 11.8 Å². The fraction of sp³-hybridized carbons (Fsp3) is 1.00. The van der Waals surface area contributed by atoms with Crippen LogP contribution in [0.3, 0.4) is 0 Å². The highest BCUT2D eigenvalue weighted by molar-refractivity contribution is 4.70. The summed E-state index contributed by atoms with van der Waals surface area (Å²) in [5.41, 5.74) is 0. The first-order chi connectivity index (χ1) is 7.74. The molecule has 1 heteroatoms. The Labute approximate surface area is 103 Å². The summed E-state index contributed by atoms with van der Waals surface area (Å²) in [6, 6.07) is 0. The molecule has 0 aromatic heterocycles. The quantitative estimate of drug-likeness (QED) is 0.650. The molecule has 1 saturated heterocycles. The van der Waals surface area contributed by atoms with Crippen LogP contribution in [0.4, 0.5) is 0 Å². The molecule has 0 amide bonds. The zero-order chi connectivity index (χ0) is 11.8. The van der Waals surface area contributed by atoms with Crippen LogP contribution in [-0.4, -0.2) is 24.5 Å². The Morgan fingerprint density at radius 2 is 1.56 bits per heavy atom. The summed E-state index contributed by atoms with van der Waals surface area (Å²) >= 11 is 0. The average Bonchev–Trinajstić information content (AvgIpc) is 2.54. The van der Waals surface area contributed by atoms with Gasteiger partial charge in [0.15, 0.2) is 0 Å². The number of rotatable bonds is 6. The van der Waals surface area contributed by atoms with Crippen molar-refractivity contribution in [2.75, 3.05) is 19.6 Å². The van der Waals surface area contributed by atoms with Gasteiger partial charge in [0.05, 0.1) is 0 Å². The largest absolute Gasteiger partial charge is 0.303 e. The van der Waals surface area contributed by atoms with Gasteiger partial charge in [0, 0.05) is 6.54 Å². The maximum Gasteiger partial charge on any atom is 0.000956 e. The van der Waals surface area contributed by atoms with Crippen molar-refractivity contribution >= 4 is 0 Å². The maximum atomic E-state index is 2.71. The summed E-state index contributed by atoms with van der Waals surface area (Å²) in [6.45, 7) is 11.2. The highest BCUT2D eigenvalue weighted by Crippen LogP contribution is 2.20. The first kappa shape index (κ1) is 14.0. The van der Waals surface area contributed by atoms with Gasteiger partial charge in [-0.2, -0.15) is 0 Å². The third-order valence-electron chi connectivity index (χ3n) is 4.23. The number of hydrogen-bond acceptors (Lipinski definition) is 1. The smallest absolute Gasteiger partial charge is 0.000956 e. The average molecular weight is 225 g/mol. The van der Waals surface area contributed by atoms with E-state index < -0.39 is 0 Å². The van der Waals surface area contributed by atoms with E-state index in [0.29, 0.717) is 0 Å². The molecule has 16 heavy (non-hydrogen) atoms. The highest BCUT2D eigenvalue weighted by Gasteiger charge is 2.16. The van der Waals surface area contributed by atoms with Crippen molar-refractivity contribution in [2.24, 2.45) is 11.8 Å². The third-order valence-corrected chi connectivity index (χ3v) is 4.23. The minimum absolute atomic E-state index is 0.879. The van der Waals surface area contributed by atoms with Gasteiger partial charge < -0.3 is 4.90 Å². The zero-order valence-electron chi connectivity index (χ0n) is 11.7. The molecule has 1 aliphatic heterocycles. The Morgan fingerprint density at radius 1 is 0.938 bits per heavy atom. The van der Waals surface area contributed by atoms with Gasteiger partial charge >= 0.3 is 0 Å². The number of likely N-dealkylation sites (tertiary alicyclic amines) is 1. The van der Waals surface area contributed by atoms with E-state index in [-0.39, 0.29) is 0 Å². The molecule has 1 heterocycles. The molecule has 0 spiro atoms. The minimum Gasteiger partial charge on any atom is -0.303 e. The monoisotopic (exact) mass is 225 g/mol. The molecule has 2 unspecified atom stereocenters. The fourth-order valence-electron chi connectivity index (χ4n) is 2.72. The molecular weight excluding hydrogens is 194 g/mol. The summed E-state index contributed by atoms with van der Waals surface area (Å²) < 4.78 is 0. The van der Waals surface area contributed by atoms with E-state index in [9.17, 15) is 0 Å². The van der Waals surface area contributed by atoms with Crippen LogP contribution in [0.25, 0.3) is 0 Å². The predicted molar refractivity (Wildman–Crippen MR) is 72.8 cm³/mol. The van der Waals surface area contributed by atoms with Crippen LogP contribution in [0.15, 0.2) is 0 Å². The van der Waals surface area contributed by atoms with Crippen LogP contribution in [-0.2, 0) is 0 Å². The lowest BCUT2D eigenvalue weighted by Gasteiger charge is -2.27. The first-order valence-corrected chi connectivity index (χ1v) is 7.46. The molecule has 2 atom stereocenters. The Morgan fingerprint density at radius 3 is 2.12 bits per heavy atom. The minimum atomic E-state index is 0.879. The van der Waals surface area contributed by atoms with E-state index in [1.807, 2.05) is 0 Å². The van der Waals surface area contributed by atoms with Crippen molar-refractivity contribution in [1.29, 1.82) is 0 Å². The molecule has 96 valence electrons. The number of hydrogen-bond donors (Lipinski definition) is 0. The van der Waals surface area contributed by atoms with Crippen LogP contribution in [0, 0.1) is 11.8 Å². The number of nitrogens with zero attached hydrogens (tertiary/aromatic N) is 1. The summed E-state index contributed by atoms with van der Waals surface area (Å²) in [6.07, 6.45) is 9.94. The Bertz CT molecular complexity index is 159. The van der Waals surface area contributed by atoms with Crippen molar-refractivity contribution in [3.8, 4) is 0 Å². The topological polar surface area (TPSA) is 3.24 Å². The van der Waals surface area contributed by atoms with Gasteiger partial charge in [-0.05, 0) is 37.8 Å². The normalized spacial score (nSPS) is 22.7. The van der Waals surface area contributed by atoms with Crippen molar-refractivity contribution in [2.45, 2.75) is 65.7 Å². The lowest BCUT2D eigenvalue weighted by Crippen LogP contribution is -2.31. The molecule has 1 aliphatic rings. The van der Waals surface area contributed by atoms with Gasteiger partial charge in [0.25, 0.3) is 0 Å². The van der Waals surface area contributed by atoms with Crippen LogP contribution >= 0.6 is 0 Å². The van der Waals surface area contributed by atoms with Gasteiger partial charge in [0.2, 0.25) is 0 Å². The molecule has 0 radical (unpaired) electrons. The second-order valence-electron chi connectivity index (χ2n) is 5.81. The molecule has 0 bridgehead atoms. The lowest BCUT2D eigenvalue weighted by atomic mass is 9.90. The predicted octanol–water partition coefficient (Wildman–Crippen LogP) is 4.32. The number of unbranched alkanes of at least 4 members (excludes halogenated alkanes) is 1. The molecule has 0 N–H and O–H groups in total. The summed E-state index contributed by atoms with van der Waals surface area (Å²) in [7, 11) is 0.